The number of ketones is 1. The number of nitrogens with one attached hydrogen (secondary N) is 1. The Hall–Kier alpha value is -3.11. The van der Waals surface area contributed by atoms with E-state index >= 15 is 0 Å². The number of carbonyl (C=O) groups excluding carboxylic acids is 3. The molecule has 0 aromatic carbocycles. The number of aromatic nitrogens is 1. The third-order valence-electron chi connectivity index (χ3n) is 3.87. The molecule has 0 aliphatic rings. The van der Waals surface area contributed by atoms with Crippen molar-refractivity contribution in [3.63, 3.8) is 0 Å². The van der Waals surface area contributed by atoms with Crippen molar-refractivity contribution < 1.29 is 23.7 Å². The number of carbonyl (C=O) groups is 3. The van der Waals surface area contributed by atoms with Crippen LogP contribution in [0.2, 0.25) is 0 Å². The van der Waals surface area contributed by atoms with Gasteiger partial charge in [-0.25, -0.2) is 4.39 Å². The molecule has 0 bridgehead atoms. The highest BCUT2D eigenvalue weighted by Crippen LogP contribution is 2.15. The Labute approximate surface area is 153 Å². The summed E-state index contributed by atoms with van der Waals surface area (Å²) in [6.07, 6.45) is 1.40. The van der Waals surface area contributed by atoms with Crippen LogP contribution in [0, 0.1) is 10.1 Å². The summed E-state index contributed by atoms with van der Waals surface area (Å²) in [7, 11) is 0. The van der Waals surface area contributed by atoms with Gasteiger partial charge in [-0.15, -0.1) is 0 Å². The molecule has 0 aliphatic carbocycles. The van der Waals surface area contributed by atoms with E-state index in [9.17, 15) is 33.7 Å². The minimum atomic E-state index is -1.35. The normalized spacial score (nSPS) is 12.8. The molecule has 0 saturated heterocycles. The minimum Gasteiger partial charge on any atom is -0.370 e. The first-order valence-corrected chi connectivity index (χ1v) is 8.25. The van der Waals surface area contributed by atoms with Gasteiger partial charge >= 0.3 is 11.2 Å². The van der Waals surface area contributed by atoms with Gasteiger partial charge in [0.05, 0.1) is 11.0 Å². The predicted octanol–water partition coefficient (Wildman–Crippen LogP) is 0.387. The van der Waals surface area contributed by atoms with Gasteiger partial charge < -0.3 is 11.1 Å². The molecule has 10 nitrogen and oxygen atoms in total. The fraction of sp³-hybridized carbons (Fsp3) is 0.500. The van der Waals surface area contributed by atoms with Crippen LogP contribution in [0.15, 0.2) is 23.1 Å². The maximum Gasteiger partial charge on any atom is 0.334 e. The predicted molar refractivity (Wildman–Crippen MR) is 92.6 cm³/mol. The molecule has 1 heterocycles. The van der Waals surface area contributed by atoms with Crippen LogP contribution in [-0.4, -0.2) is 39.8 Å². The Balaban J connectivity index is 3.15. The lowest BCUT2D eigenvalue weighted by atomic mass is 10.0. The van der Waals surface area contributed by atoms with E-state index in [1.807, 2.05) is 0 Å². The summed E-state index contributed by atoms with van der Waals surface area (Å²) in [5.74, 6) is -2.44. The molecule has 27 heavy (non-hydrogen) atoms. The van der Waals surface area contributed by atoms with Crippen molar-refractivity contribution in [1.29, 1.82) is 0 Å². The molecule has 3 N–H and O–H groups in total. The van der Waals surface area contributed by atoms with E-state index in [0.717, 1.165) is 10.6 Å². The number of primary amides is 1. The second-order valence-corrected chi connectivity index (χ2v) is 5.83. The zero-order valence-corrected chi connectivity index (χ0v) is 14.7. The summed E-state index contributed by atoms with van der Waals surface area (Å²) in [6.45, 7) is 0.388. The third kappa shape index (κ3) is 5.97. The maximum absolute atomic E-state index is 12.7. The molecule has 0 saturated carbocycles. The van der Waals surface area contributed by atoms with Crippen LogP contribution in [0.3, 0.4) is 0 Å². The van der Waals surface area contributed by atoms with E-state index in [-0.39, 0.29) is 19.3 Å². The van der Waals surface area contributed by atoms with Crippen molar-refractivity contribution in [1.82, 2.24) is 9.88 Å². The molecule has 0 radical (unpaired) electrons. The molecule has 0 spiro atoms. The van der Waals surface area contributed by atoms with Crippen LogP contribution in [0.1, 0.15) is 38.6 Å². The van der Waals surface area contributed by atoms with Crippen molar-refractivity contribution in [2.75, 3.05) is 6.67 Å². The Morgan fingerprint density at radius 3 is 2.56 bits per heavy atom. The van der Waals surface area contributed by atoms with E-state index in [4.69, 9.17) is 5.73 Å². The number of hydrogen-bond donors (Lipinski definition) is 2. The van der Waals surface area contributed by atoms with Gasteiger partial charge in [-0.3, -0.25) is 33.9 Å². The highest BCUT2D eigenvalue weighted by atomic mass is 19.1. The lowest BCUT2D eigenvalue weighted by Gasteiger charge is -2.22. The van der Waals surface area contributed by atoms with Crippen molar-refractivity contribution in [3.05, 3.63) is 38.8 Å². The van der Waals surface area contributed by atoms with E-state index < -0.39 is 52.5 Å². The third-order valence-corrected chi connectivity index (χ3v) is 3.87. The molecule has 2 atom stereocenters. The largest absolute Gasteiger partial charge is 0.370 e. The van der Waals surface area contributed by atoms with Crippen molar-refractivity contribution >= 4 is 23.3 Å². The summed E-state index contributed by atoms with van der Waals surface area (Å²) >= 11 is 0. The lowest BCUT2D eigenvalue weighted by molar-refractivity contribution is -0.386. The van der Waals surface area contributed by atoms with Crippen LogP contribution < -0.4 is 16.6 Å². The maximum atomic E-state index is 12.7. The lowest BCUT2D eigenvalue weighted by Crippen LogP contribution is -2.46. The van der Waals surface area contributed by atoms with Crippen molar-refractivity contribution in [2.45, 2.75) is 44.7 Å². The molecule has 0 fully saturated rings. The van der Waals surface area contributed by atoms with Crippen LogP contribution in [0.25, 0.3) is 0 Å². The number of nitrogens with two attached hydrogens (primary N) is 1. The number of amides is 2. The standard InChI is InChI=1S/C16H21FN4O6/c1-2-4-11(20-8-3-5-12(16(20)25)21(26)27)15(24)19-10(13(22)9-17)6-7-14(18)23/h3,5,8,10-11H,2,4,6-7,9H2,1H3,(H2,18,23)(H,19,24). The van der Waals surface area contributed by atoms with Crippen molar-refractivity contribution in [2.24, 2.45) is 5.73 Å². The number of nitrogens with zero attached hydrogens (tertiary/aromatic N) is 2. The van der Waals surface area contributed by atoms with Gasteiger partial charge in [0, 0.05) is 18.7 Å². The Bertz CT molecular complexity index is 778. The summed E-state index contributed by atoms with van der Waals surface area (Å²) in [5.41, 5.74) is 3.34. The summed E-state index contributed by atoms with van der Waals surface area (Å²) in [6, 6.07) is -0.149. The second-order valence-electron chi connectivity index (χ2n) is 5.83. The van der Waals surface area contributed by atoms with E-state index in [0.29, 0.717) is 6.42 Å². The van der Waals surface area contributed by atoms with Crippen LogP contribution >= 0.6 is 0 Å². The molecule has 11 heteroatoms. The quantitative estimate of drug-likeness (QED) is 0.415. The monoisotopic (exact) mass is 384 g/mol. The smallest absolute Gasteiger partial charge is 0.334 e. The van der Waals surface area contributed by atoms with Gasteiger partial charge in [-0.05, 0) is 18.9 Å². The number of halogens is 1. The first-order valence-electron chi connectivity index (χ1n) is 8.25. The minimum absolute atomic E-state index is 0.152. The van der Waals surface area contributed by atoms with E-state index in [1.54, 1.807) is 6.92 Å². The van der Waals surface area contributed by atoms with Gasteiger partial charge in [0.25, 0.3) is 0 Å². The second kappa shape index (κ2) is 10.1. The number of pyridine rings is 1. The fourth-order valence-corrected chi connectivity index (χ4v) is 2.51. The molecule has 1 aromatic rings. The van der Waals surface area contributed by atoms with E-state index in [1.165, 1.54) is 12.3 Å². The van der Waals surface area contributed by atoms with Gasteiger partial charge in [-0.2, -0.15) is 0 Å². The molecule has 2 unspecified atom stereocenters. The van der Waals surface area contributed by atoms with Gasteiger partial charge in [0.15, 0.2) is 5.78 Å². The number of alkyl halides is 1. The number of Topliss-reactive ketones (excluding diaryl/α,β-unsaturated/α-hetero) is 1. The zero-order chi connectivity index (χ0) is 20.6. The molecule has 1 rings (SSSR count). The molecule has 0 aliphatic heterocycles. The molecular weight excluding hydrogens is 363 g/mol. The molecular formula is C16H21FN4O6. The van der Waals surface area contributed by atoms with Crippen LogP contribution in [0.5, 0.6) is 0 Å². The Morgan fingerprint density at radius 2 is 2.04 bits per heavy atom. The van der Waals surface area contributed by atoms with Crippen LogP contribution in [-0.2, 0) is 14.4 Å². The summed E-state index contributed by atoms with van der Waals surface area (Å²) < 4.78 is 13.6. The van der Waals surface area contributed by atoms with E-state index in [2.05, 4.69) is 5.32 Å². The van der Waals surface area contributed by atoms with Gasteiger partial charge in [0.2, 0.25) is 11.8 Å². The van der Waals surface area contributed by atoms with Crippen molar-refractivity contribution in [3.8, 4) is 0 Å². The SMILES string of the molecule is CCCC(C(=O)NC(CCC(N)=O)C(=O)CF)n1cccc([N+](=O)[O-])c1=O. The number of rotatable bonds is 11. The zero-order valence-electron chi connectivity index (χ0n) is 14.7. The number of nitro groups is 1. The van der Waals surface area contributed by atoms with Gasteiger partial charge in [-0.1, -0.05) is 13.3 Å². The Kier molecular flexibility index (Phi) is 8.24. The topological polar surface area (TPSA) is 154 Å². The first kappa shape index (κ1) is 21.9. The number of hydrogen-bond acceptors (Lipinski definition) is 6. The molecule has 2 amide bonds. The summed E-state index contributed by atoms with van der Waals surface area (Å²) in [5, 5.41) is 13.3. The highest BCUT2D eigenvalue weighted by Gasteiger charge is 2.28. The average molecular weight is 384 g/mol. The van der Waals surface area contributed by atoms with Crippen LogP contribution in [0.4, 0.5) is 10.1 Å². The van der Waals surface area contributed by atoms with Gasteiger partial charge in [0.1, 0.15) is 12.7 Å². The highest BCUT2D eigenvalue weighted by molar-refractivity contribution is 5.91. The average Bonchev–Trinajstić information content (AvgIpc) is 2.62. The first-order chi connectivity index (χ1) is 12.7. The molecule has 1 aromatic heterocycles. The molecule has 148 valence electrons. The summed E-state index contributed by atoms with van der Waals surface area (Å²) in [4.78, 5) is 57.6. The Morgan fingerprint density at radius 1 is 1.37 bits per heavy atom. The fourth-order valence-electron chi connectivity index (χ4n) is 2.51.